The molecule has 1 heterocycles. The Labute approximate surface area is 170 Å². The first-order chi connectivity index (χ1) is 13.3. The lowest BCUT2D eigenvalue weighted by atomic mass is 9.79. The molecule has 1 aromatic rings. The third-order valence-corrected chi connectivity index (χ3v) is 6.30. The molecule has 2 aliphatic rings. The highest BCUT2D eigenvalue weighted by molar-refractivity contribution is 5.89. The second-order valence-electron chi connectivity index (χ2n) is 9.89. The van der Waals surface area contributed by atoms with Crippen molar-refractivity contribution in [2.75, 3.05) is 13.1 Å². The van der Waals surface area contributed by atoms with E-state index in [1.54, 1.807) is 0 Å². The number of likely N-dealkylation sites (tertiary alicyclic amines) is 1. The number of piperidine rings is 1. The molecule has 154 valence electrons. The number of carbonyl (C=O) groups is 2. The average Bonchev–Trinajstić information content (AvgIpc) is 3.10. The van der Waals surface area contributed by atoms with E-state index in [0.717, 1.165) is 58.0 Å². The standard InChI is InChI=1S/C24H36N2O2/c1-23(2,3)25-21(27)18-24(13-7-8-14-24)22(28)26-15-11-20(12-16-26)17-19-9-5-4-6-10-19/h4-6,9-10,20H,7-8,11-18H2,1-3H3,(H,25,27). The SMILES string of the molecule is CC(C)(C)NC(=O)CC1(C(=O)N2CCC(Cc3ccccc3)CC2)CCCC1. The van der Waals surface area contributed by atoms with Gasteiger partial charge in [-0.2, -0.15) is 0 Å². The van der Waals surface area contributed by atoms with Crippen molar-refractivity contribution in [1.82, 2.24) is 10.2 Å². The molecule has 0 atom stereocenters. The van der Waals surface area contributed by atoms with Crippen LogP contribution in [-0.2, 0) is 16.0 Å². The zero-order chi connectivity index (χ0) is 20.2. The quantitative estimate of drug-likeness (QED) is 0.821. The molecule has 4 heteroatoms. The van der Waals surface area contributed by atoms with Gasteiger partial charge in [0.05, 0.1) is 5.41 Å². The maximum absolute atomic E-state index is 13.4. The van der Waals surface area contributed by atoms with E-state index < -0.39 is 5.41 Å². The Hall–Kier alpha value is -1.84. The number of hydrogen-bond acceptors (Lipinski definition) is 2. The smallest absolute Gasteiger partial charge is 0.229 e. The van der Waals surface area contributed by atoms with Crippen LogP contribution in [0.15, 0.2) is 30.3 Å². The number of hydrogen-bond donors (Lipinski definition) is 1. The summed E-state index contributed by atoms with van der Waals surface area (Å²) in [6, 6.07) is 10.6. The summed E-state index contributed by atoms with van der Waals surface area (Å²) in [5, 5.41) is 3.05. The van der Waals surface area contributed by atoms with Gasteiger partial charge in [-0.05, 0) is 64.4 Å². The van der Waals surface area contributed by atoms with Gasteiger partial charge in [-0.15, -0.1) is 0 Å². The van der Waals surface area contributed by atoms with Gasteiger partial charge < -0.3 is 10.2 Å². The average molecular weight is 385 g/mol. The van der Waals surface area contributed by atoms with Crippen molar-refractivity contribution < 1.29 is 9.59 Å². The van der Waals surface area contributed by atoms with E-state index in [4.69, 9.17) is 0 Å². The highest BCUT2D eigenvalue weighted by Gasteiger charge is 2.45. The molecule has 0 unspecified atom stereocenters. The van der Waals surface area contributed by atoms with Crippen LogP contribution >= 0.6 is 0 Å². The first-order valence-corrected chi connectivity index (χ1v) is 10.9. The molecule has 0 spiro atoms. The molecule has 1 aliphatic heterocycles. The van der Waals surface area contributed by atoms with Crippen LogP contribution in [0.3, 0.4) is 0 Å². The predicted molar refractivity (Wildman–Crippen MR) is 113 cm³/mol. The molecule has 0 radical (unpaired) electrons. The van der Waals surface area contributed by atoms with Crippen LogP contribution in [0.5, 0.6) is 0 Å². The largest absolute Gasteiger partial charge is 0.351 e. The number of rotatable bonds is 5. The molecule has 1 N–H and O–H groups in total. The van der Waals surface area contributed by atoms with Gasteiger partial charge in [0.2, 0.25) is 11.8 Å². The summed E-state index contributed by atoms with van der Waals surface area (Å²) in [6.07, 6.45) is 7.38. The first kappa shape index (κ1) is 20.9. The minimum absolute atomic E-state index is 0.0155. The van der Waals surface area contributed by atoms with Crippen molar-refractivity contribution in [1.29, 1.82) is 0 Å². The highest BCUT2D eigenvalue weighted by atomic mass is 16.2. The van der Waals surface area contributed by atoms with Gasteiger partial charge in [-0.25, -0.2) is 0 Å². The summed E-state index contributed by atoms with van der Waals surface area (Å²) in [6.45, 7) is 7.64. The fraction of sp³-hybridized carbons (Fsp3) is 0.667. The molecule has 1 saturated carbocycles. The summed E-state index contributed by atoms with van der Waals surface area (Å²) in [5.41, 5.74) is 0.663. The molecule has 0 bridgehead atoms. The summed E-state index contributed by atoms with van der Waals surface area (Å²) >= 11 is 0. The second-order valence-corrected chi connectivity index (χ2v) is 9.89. The van der Waals surface area contributed by atoms with Crippen LogP contribution in [0.2, 0.25) is 0 Å². The number of amides is 2. The fourth-order valence-electron chi connectivity index (χ4n) is 4.91. The lowest BCUT2D eigenvalue weighted by Crippen LogP contribution is -2.50. The van der Waals surface area contributed by atoms with Gasteiger partial charge in [0.15, 0.2) is 0 Å². The zero-order valence-corrected chi connectivity index (χ0v) is 17.8. The van der Waals surface area contributed by atoms with Gasteiger partial charge >= 0.3 is 0 Å². The first-order valence-electron chi connectivity index (χ1n) is 10.9. The second kappa shape index (κ2) is 8.67. The van der Waals surface area contributed by atoms with Crippen LogP contribution in [0.4, 0.5) is 0 Å². The van der Waals surface area contributed by atoms with Crippen LogP contribution < -0.4 is 5.32 Å². The molecule has 1 aliphatic carbocycles. The van der Waals surface area contributed by atoms with Gasteiger partial charge in [0.1, 0.15) is 0 Å². The van der Waals surface area contributed by atoms with E-state index in [-0.39, 0.29) is 17.4 Å². The Bertz CT molecular complexity index is 664. The van der Waals surface area contributed by atoms with Crippen molar-refractivity contribution in [3.63, 3.8) is 0 Å². The number of carbonyl (C=O) groups excluding carboxylic acids is 2. The van der Waals surface area contributed by atoms with Crippen molar-refractivity contribution in [3.8, 4) is 0 Å². The van der Waals surface area contributed by atoms with E-state index in [0.29, 0.717) is 12.3 Å². The maximum Gasteiger partial charge on any atom is 0.229 e. The van der Waals surface area contributed by atoms with E-state index >= 15 is 0 Å². The topological polar surface area (TPSA) is 49.4 Å². The van der Waals surface area contributed by atoms with Crippen LogP contribution in [0, 0.1) is 11.3 Å². The van der Waals surface area contributed by atoms with Crippen molar-refractivity contribution >= 4 is 11.8 Å². The Kier molecular flexibility index (Phi) is 6.47. The molecule has 2 amide bonds. The highest BCUT2D eigenvalue weighted by Crippen LogP contribution is 2.43. The molecule has 3 rings (SSSR count). The molecule has 2 fully saturated rings. The number of benzene rings is 1. The van der Waals surface area contributed by atoms with E-state index in [1.807, 2.05) is 20.8 Å². The molecular weight excluding hydrogens is 348 g/mol. The Morgan fingerprint density at radius 3 is 2.25 bits per heavy atom. The van der Waals surface area contributed by atoms with E-state index in [1.165, 1.54) is 5.56 Å². The van der Waals surface area contributed by atoms with Gasteiger partial charge in [-0.1, -0.05) is 43.2 Å². The molecule has 0 aromatic heterocycles. The van der Waals surface area contributed by atoms with E-state index in [2.05, 4.69) is 40.5 Å². The lowest BCUT2D eigenvalue weighted by molar-refractivity contribution is -0.147. The summed E-state index contributed by atoms with van der Waals surface area (Å²) in [4.78, 5) is 28.1. The Morgan fingerprint density at radius 2 is 1.68 bits per heavy atom. The maximum atomic E-state index is 13.4. The Balaban J connectivity index is 1.58. The normalized spacial score (nSPS) is 20.2. The van der Waals surface area contributed by atoms with Gasteiger partial charge in [-0.3, -0.25) is 9.59 Å². The minimum atomic E-state index is -0.471. The predicted octanol–water partition coefficient (Wildman–Crippen LogP) is 4.33. The van der Waals surface area contributed by atoms with Crippen molar-refractivity contribution in [3.05, 3.63) is 35.9 Å². The summed E-state index contributed by atoms with van der Waals surface area (Å²) in [7, 11) is 0. The third kappa shape index (κ3) is 5.36. The van der Waals surface area contributed by atoms with E-state index in [9.17, 15) is 9.59 Å². The van der Waals surface area contributed by atoms with Crippen molar-refractivity contribution in [2.45, 2.75) is 77.7 Å². The van der Waals surface area contributed by atoms with Gasteiger partial charge in [0.25, 0.3) is 0 Å². The van der Waals surface area contributed by atoms with Gasteiger partial charge in [0, 0.05) is 25.0 Å². The minimum Gasteiger partial charge on any atom is -0.351 e. The Morgan fingerprint density at radius 1 is 1.07 bits per heavy atom. The van der Waals surface area contributed by atoms with Crippen LogP contribution in [0.1, 0.15) is 71.3 Å². The monoisotopic (exact) mass is 384 g/mol. The summed E-state index contributed by atoms with van der Waals surface area (Å²) in [5.74, 6) is 0.893. The fourth-order valence-corrected chi connectivity index (χ4v) is 4.91. The molecule has 28 heavy (non-hydrogen) atoms. The molecular formula is C24H36N2O2. The lowest BCUT2D eigenvalue weighted by Gasteiger charge is -2.38. The number of nitrogens with one attached hydrogen (secondary N) is 1. The molecule has 1 saturated heterocycles. The van der Waals surface area contributed by atoms with Crippen molar-refractivity contribution in [2.24, 2.45) is 11.3 Å². The number of nitrogens with zero attached hydrogens (tertiary/aromatic N) is 1. The molecule has 4 nitrogen and oxygen atoms in total. The molecule has 1 aromatic carbocycles. The third-order valence-electron chi connectivity index (χ3n) is 6.30. The van der Waals surface area contributed by atoms with Crippen LogP contribution in [-0.4, -0.2) is 35.3 Å². The zero-order valence-electron chi connectivity index (χ0n) is 17.8. The summed E-state index contributed by atoms with van der Waals surface area (Å²) < 4.78 is 0. The van der Waals surface area contributed by atoms with Crippen LogP contribution in [0.25, 0.3) is 0 Å².